The molecule has 9 heteroatoms. The van der Waals surface area contributed by atoms with E-state index < -0.39 is 6.03 Å². The summed E-state index contributed by atoms with van der Waals surface area (Å²) in [6, 6.07) is 3.65. The summed E-state index contributed by atoms with van der Waals surface area (Å²) in [4.78, 5) is 24.6. The molecule has 0 saturated heterocycles. The van der Waals surface area contributed by atoms with Crippen molar-refractivity contribution in [3.05, 3.63) is 28.7 Å². The third-order valence-corrected chi connectivity index (χ3v) is 4.93. The Kier molecular flexibility index (Phi) is 7.26. The third-order valence-electron chi connectivity index (χ3n) is 3.02. The summed E-state index contributed by atoms with van der Waals surface area (Å²) in [5, 5.41) is 15.6. The van der Waals surface area contributed by atoms with Crippen molar-refractivity contribution >= 4 is 35.0 Å². The van der Waals surface area contributed by atoms with Crippen molar-refractivity contribution in [3.63, 3.8) is 0 Å². The van der Waals surface area contributed by atoms with Crippen LogP contribution in [0.2, 0.25) is 0 Å². The Balaban J connectivity index is 1.74. The molecule has 130 valence electrons. The molecule has 7 nitrogen and oxygen atoms in total. The Bertz CT molecular complexity index is 655. The molecule has 2 aromatic heterocycles. The zero-order valence-electron chi connectivity index (χ0n) is 13.7. The predicted molar refractivity (Wildman–Crippen MR) is 95.1 cm³/mol. The molecule has 0 unspecified atom stereocenters. The standard InChI is InChI=1S/C15H21N5O2S2/c1-11(2)8-16-14(22)18-13(21)9-24-15-19-17-10-20(15)6-5-12-4-3-7-23-12/h3-4,7,10-11H,5-6,8-9H2,1-2H3,(H2,16,18,21,22). The number of imide groups is 1. The van der Waals surface area contributed by atoms with Crippen molar-refractivity contribution in [3.8, 4) is 0 Å². The Hall–Kier alpha value is -1.87. The maximum atomic E-state index is 11.8. The number of thiophene rings is 1. The monoisotopic (exact) mass is 367 g/mol. The van der Waals surface area contributed by atoms with Crippen LogP contribution in [0.3, 0.4) is 0 Å². The highest BCUT2D eigenvalue weighted by atomic mass is 32.2. The molecule has 24 heavy (non-hydrogen) atoms. The second-order valence-corrected chi connectivity index (χ2v) is 7.55. The summed E-state index contributed by atoms with van der Waals surface area (Å²) in [5.74, 6) is 0.100. The number of rotatable bonds is 8. The van der Waals surface area contributed by atoms with Crippen LogP contribution in [0.4, 0.5) is 4.79 Å². The number of aryl methyl sites for hydroxylation is 2. The van der Waals surface area contributed by atoms with Gasteiger partial charge in [0.25, 0.3) is 0 Å². The van der Waals surface area contributed by atoms with Gasteiger partial charge in [-0.2, -0.15) is 0 Å². The molecule has 0 aliphatic heterocycles. The quantitative estimate of drug-likeness (QED) is 0.698. The minimum atomic E-state index is -0.464. The van der Waals surface area contributed by atoms with Gasteiger partial charge in [0.2, 0.25) is 5.91 Å². The van der Waals surface area contributed by atoms with Crippen LogP contribution in [-0.4, -0.2) is 39.0 Å². The lowest BCUT2D eigenvalue weighted by atomic mass is 10.2. The predicted octanol–water partition coefficient (Wildman–Crippen LogP) is 2.16. The molecule has 0 radical (unpaired) electrons. The number of nitrogens with one attached hydrogen (secondary N) is 2. The Morgan fingerprint density at radius 1 is 1.42 bits per heavy atom. The van der Waals surface area contributed by atoms with E-state index in [0.29, 0.717) is 17.6 Å². The second-order valence-electron chi connectivity index (χ2n) is 5.58. The van der Waals surface area contributed by atoms with Crippen LogP contribution in [-0.2, 0) is 17.8 Å². The van der Waals surface area contributed by atoms with Crippen LogP contribution in [0.1, 0.15) is 18.7 Å². The summed E-state index contributed by atoms with van der Waals surface area (Å²) in [7, 11) is 0. The number of nitrogens with zero attached hydrogens (tertiary/aromatic N) is 3. The van der Waals surface area contributed by atoms with E-state index in [1.807, 2.05) is 29.9 Å². The third kappa shape index (κ3) is 6.32. The van der Waals surface area contributed by atoms with E-state index >= 15 is 0 Å². The molecule has 0 aromatic carbocycles. The van der Waals surface area contributed by atoms with Gasteiger partial charge in [-0.3, -0.25) is 10.1 Å². The van der Waals surface area contributed by atoms with Crippen molar-refractivity contribution in [2.45, 2.75) is 32.0 Å². The fourth-order valence-electron chi connectivity index (χ4n) is 1.83. The summed E-state index contributed by atoms with van der Waals surface area (Å²) >= 11 is 2.98. The van der Waals surface area contributed by atoms with Crippen molar-refractivity contribution in [2.24, 2.45) is 5.92 Å². The molecule has 0 bridgehead atoms. The van der Waals surface area contributed by atoms with E-state index in [9.17, 15) is 9.59 Å². The minimum Gasteiger partial charge on any atom is -0.338 e. The van der Waals surface area contributed by atoms with Gasteiger partial charge in [-0.15, -0.1) is 21.5 Å². The zero-order chi connectivity index (χ0) is 17.4. The molecule has 0 atom stereocenters. The van der Waals surface area contributed by atoms with E-state index in [4.69, 9.17) is 0 Å². The van der Waals surface area contributed by atoms with Crippen LogP contribution in [0, 0.1) is 5.92 Å². The first-order chi connectivity index (χ1) is 11.5. The van der Waals surface area contributed by atoms with Gasteiger partial charge in [-0.05, 0) is 23.8 Å². The number of carbonyl (C=O) groups excluding carboxylic acids is 2. The van der Waals surface area contributed by atoms with E-state index in [1.165, 1.54) is 16.6 Å². The molecule has 0 fully saturated rings. The second kappa shape index (κ2) is 9.43. The Morgan fingerprint density at radius 2 is 2.25 bits per heavy atom. The SMILES string of the molecule is CC(C)CNC(=O)NC(=O)CSc1nncn1CCc1cccs1. The van der Waals surface area contributed by atoms with Crippen LogP contribution in [0.5, 0.6) is 0 Å². The van der Waals surface area contributed by atoms with Crippen molar-refractivity contribution in [1.29, 1.82) is 0 Å². The van der Waals surface area contributed by atoms with Gasteiger partial charge in [0.15, 0.2) is 5.16 Å². The summed E-state index contributed by atoms with van der Waals surface area (Å²) in [5.41, 5.74) is 0. The normalized spacial score (nSPS) is 10.8. The Labute approximate surface area is 149 Å². The average molecular weight is 368 g/mol. The van der Waals surface area contributed by atoms with Crippen molar-refractivity contribution in [2.75, 3.05) is 12.3 Å². The fourth-order valence-corrected chi connectivity index (χ4v) is 3.27. The number of amides is 3. The minimum absolute atomic E-state index is 0.118. The molecule has 2 aromatic rings. The van der Waals surface area contributed by atoms with Gasteiger partial charge in [-0.1, -0.05) is 31.7 Å². The van der Waals surface area contributed by atoms with Crippen LogP contribution >= 0.6 is 23.1 Å². The lowest BCUT2D eigenvalue weighted by molar-refractivity contribution is -0.117. The van der Waals surface area contributed by atoms with Gasteiger partial charge in [0, 0.05) is 18.0 Å². The van der Waals surface area contributed by atoms with E-state index in [0.717, 1.165) is 13.0 Å². The Morgan fingerprint density at radius 3 is 2.96 bits per heavy atom. The largest absolute Gasteiger partial charge is 0.338 e. The highest BCUT2D eigenvalue weighted by Gasteiger charge is 2.11. The highest BCUT2D eigenvalue weighted by molar-refractivity contribution is 7.99. The molecule has 3 amide bonds. The lowest BCUT2D eigenvalue weighted by Crippen LogP contribution is -2.41. The zero-order valence-corrected chi connectivity index (χ0v) is 15.3. The molecular weight excluding hydrogens is 346 g/mol. The smallest absolute Gasteiger partial charge is 0.321 e. The average Bonchev–Trinajstić information content (AvgIpc) is 3.20. The molecule has 0 saturated carbocycles. The van der Waals surface area contributed by atoms with Gasteiger partial charge in [-0.25, -0.2) is 4.79 Å². The van der Waals surface area contributed by atoms with Crippen molar-refractivity contribution in [1.82, 2.24) is 25.4 Å². The van der Waals surface area contributed by atoms with E-state index in [1.54, 1.807) is 17.7 Å². The number of aromatic nitrogens is 3. The van der Waals surface area contributed by atoms with Crippen LogP contribution < -0.4 is 10.6 Å². The number of hydrogen-bond donors (Lipinski definition) is 2. The first kappa shape index (κ1) is 18.5. The maximum Gasteiger partial charge on any atom is 0.321 e. The summed E-state index contributed by atoms with van der Waals surface area (Å²) in [6.07, 6.45) is 2.55. The molecular formula is C15H21N5O2S2. The molecule has 0 spiro atoms. The molecule has 2 rings (SSSR count). The van der Waals surface area contributed by atoms with Crippen LogP contribution in [0.25, 0.3) is 0 Å². The van der Waals surface area contributed by atoms with E-state index in [2.05, 4.69) is 26.9 Å². The lowest BCUT2D eigenvalue weighted by Gasteiger charge is -2.08. The topological polar surface area (TPSA) is 88.9 Å². The van der Waals surface area contributed by atoms with Gasteiger partial charge in [0.05, 0.1) is 5.75 Å². The van der Waals surface area contributed by atoms with E-state index in [-0.39, 0.29) is 11.7 Å². The molecule has 2 heterocycles. The number of thioether (sulfide) groups is 1. The summed E-state index contributed by atoms with van der Waals surface area (Å²) < 4.78 is 1.91. The van der Waals surface area contributed by atoms with Crippen molar-refractivity contribution < 1.29 is 9.59 Å². The van der Waals surface area contributed by atoms with Crippen LogP contribution in [0.15, 0.2) is 29.0 Å². The first-order valence-corrected chi connectivity index (χ1v) is 9.51. The maximum absolute atomic E-state index is 11.8. The fraction of sp³-hybridized carbons (Fsp3) is 0.467. The number of urea groups is 1. The summed E-state index contributed by atoms with van der Waals surface area (Å²) in [6.45, 7) is 5.26. The van der Waals surface area contributed by atoms with Gasteiger partial charge in [0.1, 0.15) is 6.33 Å². The molecule has 2 N–H and O–H groups in total. The molecule has 0 aliphatic carbocycles. The van der Waals surface area contributed by atoms with Gasteiger partial charge < -0.3 is 9.88 Å². The highest BCUT2D eigenvalue weighted by Crippen LogP contribution is 2.16. The number of hydrogen-bond acceptors (Lipinski definition) is 6. The molecule has 0 aliphatic rings. The number of carbonyl (C=O) groups is 2. The van der Waals surface area contributed by atoms with Gasteiger partial charge >= 0.3 is 6.03 Å². The first-order valence-electron chi connectivity index (χ1n) is 7.65.